The zero-order valence-electron chi connectivity index (χ0n) is 21.7. The van der Waals surface area contributed by atoms with Crippen molar-refractivity contribution in [1.29, 1.82) is 0 Å². The van der Waals surface area contributed by atoms with E-state index in [1.165, 1.54) is 116 Å². The Balaban J connectivity index is 3.62. The van der Waals surface area contributed by atoms with Gasteiger partial charge in [-0.05, 0) is 31.9 Å². The van der Waals surface area contributed by atoms with Crippen molar-refractivity contribution in [1.82, 2.24) is 0 Å². The number of hydrogen-bond donors (Lipinski definition) is 0. The molecule has 2 nitrogen and oxygen atoms in total. The lowest BCUT2D eigenvalue weighted by Gasteiger charge is -2.32. The van der Waals surface area contributed by atoms with E-state index in [1.807, 2.05) is 0 Å². The minimum absolute atomic E-state index is 0.361. The van der Waals surface area contributed by atoms with E-state index >= 15 is 0 Å². The maximum atomic E-state index is 6.52. The molecule has 0 fully saturated rings. The van der Waals surface area contributed by atoms with E-state index in [0.717, 1.165) is 18.7 Å². The molecule has 0 heterocycles. The maximum Gasteiger partial charge on any atom is 0.337 e. The number of rotatable bonds is 24. The topological polar surface area (TPSA) is 18.5 Å². The van der Waals surface area contributed by atoms with E-state index < -0.39 is 8.56 Å². The van der Waals surface area contributed by atoms with Crippen LogP contribution >= 0.6 is 0 Å². The second-order valence-corrected chi connectivity index (χ2v) is 13.2. The first-order chi connectivity index (χ1) is 14.6. The molecule has 0 spiro atoms. The van der Waals surface area contributed by atoms with Crippen LogP contribution in [0.2, 0.25) is 12.1 Å². The largest absolute Gasteiger partial charge is 0.394 e. The zero-order chi connectivity index (χ0) is 22.3. The van der Waals surface area contributed by atoms with Gasteiger partial charge in [0.1, 0.15) is 0 Å². The quantitative estimate of drug-likeness (QED) is 0.109. The molecule has 0 amide bonds. The Hall–Kier alpha value is 0.137. The Bertz CT molecular complexity index is 331. The highest BCUT2D eigenvalue weighted by molar-refractivity contribution is 6.67. The van der Waals surface area contributed by atoms with Gasteiger partial charge in [0.2, 0.25) is 0 Å². The molecule has 0 saturated heterocycles. The molecule has 0 bridgehead atoms. The van der Waals surface area contributed by atoms with E-state index in [-0.39, 0.29) is 0 Å². The smallest absolute Gasteiger partial charge is 0.337 e. The van der Waals surface area contributed by atoms with Crippen LogP contribution in [-0.4, -0.2) is 21.3 Å². The third-order valence-corrected chi connectivity index (χ3v) is 10.3. The van der Waals surface area contributed by atoms with Crippen molar-refractivity contribution in [3.63, 3.8) is 0 Å². The molecule has 30 heavy (non-hydrogen) atoms. The minimum atomic E-state index is -1.97. The summed E-state index contributed by atoms with van der Waals surface area (Å²) in [6.45, 7) is 12.2. The summed E-state index contributed by atoms with van der Waals surface area (Å²) in [7, 11) is -1.97. The first-order valence-corrected chi connectivity index (χ1v) is 16.2. The van der Waals surface area contributed by atoms with Gasteiger partial charge in [0, 0.05) is 12.7 Å². The van der Waals surface area contributed by atoms with E-state index in [1.54, 1.807) is 0 Å². The third kappa shape index (κ3) is 17.8. The van der Waals surface area contributed by atoms with Gasteiger partial charge in [-0.3, -0.25) is 0 Å². The van der Waals surface area contributed by atoms with Crippen molar-refractivity contribution < 1.29 is 8.85 Å². The summed E-state index contributed by atoms with van der Waals surface area (Å²) in [5, 5.41) is 0. The lowest BCUT2D eigenvalue weighted by Crippen LogP contribution is -2.43. The second-order valence-electron chi connectivity index (χ2n) is 9.49. The third-order valence-electron chi connectivity index (χ3n) is 6.57. The van der Waals surface area contributed by atoms with Crippen LogP contribution in [0.25, 0.3) is 0 Å². The van der Waals surface area contributed by atoms with Gasteiger partial charge in [-0.2, -0.15) is 0 Å². The van der Waals surface area contributed by atoms with Gasteiger partial charge in [0.05, 0.1) is 0 Å². The van der Waals surface area contributed by atoms with Gasteiger partial charge in [-0.1, -0.05) is 130 Å². The molecule has 0 aromatic carbocycles. The van der Waals surface area contributed by atoms with E-state index in [0.29, 0.717) is 6.10 Å². The average molecular weight is 443 g/mol. The van der Waals surface area contributed by atoms with Crippen LogP contribution in [0, 0.1) is 0 Å². The summed E-state index contributed by atoms with van der Waals surface area (Å²) >= 11 is 0. The molecule has 0 N–H and O–H groups in total. The summed E-state index contributed by atoms with van der Waals surface area (Å²) in [5.74, 6) is 0. The maximum absolute atomic E-state index is 6.52. The first kappa shape index (κ1) is 30.1. The van der Waals surface area contributed by atoms with E-state index in [9.17, 15) is 0 Å². The molecule has 0 rings (SSSR count). The Kier molecular flexibility index (Phi) is 22.4. The molecule has 0 aliphatic carbocycles. The minimum Gasteiger partial charge on any atom is -0.394 e. The fourth-order valence-electron chi connectivity index (χ4n) is 4.32. The number of hydrogen-bond acceptors (Lipinski definition) is 2. The van der Waals surface area contributed by atoms with Gasteiger partial charge < -0.3 is 8.85 Å². The van der Waals surface area contributed by atoms with Gasteiger partial charge >= 0.3 is 8.56 Å². The molecular formula is C27H58O2Si. The monoisotopic (exact) mass is 442 g/mol. The van der Waals surface area contributed by atoms with Gasteiger partial charge in [-0.15, -0.1) is 0 Å². The van der Waals surface area contributed by atoms with Crippen molar-refractivity contribution >= 4 is 8.56 Å². The van der Waals surface area contributed by atoms with Crippen molar-refractivity contribution in [2.75, 3.05) is 6.61 Å². The van der Waals surface area contributed by atoms with Crippen LogP contribution in [0.4, 0.5) is 0 Å². The van der Waals surface area contributed by atoms with Crippen LogP contribution in [0.15, 0.2) is 0 Å². The van der Waals surface area contributed by atoms with Gasteiger partial charge in [0.15, 0.2) is 0 Å². The lowest BCUT2D eigenvalue weighted by molar-refractivity contribution is 0.114. The van der Waals surface area contributed by atoms with Crippen molar-refractivity contribution in [3.05, 3.63) is 0 Å². The summed E-state index contributed by atoms with van der Waals surface area (Å²) < 4.78 is 12.9. The number of unbranched alkanes of at least 4 members (excludes halogenated alkanes) is 15. The standard InChI is InChI=1S/C27H58O2Si/c1-6-10-12-13-14-15-16-17-18-19-20-21-22-24-26-28-30(8-3,9-4)29-27(5)25-23-11-7-2/h27H,6-26H2,1-5H3. The highest BCUT2D eigenvalue weighted by Gasteiger charge is 2.35. The second kappa shape index (κ2) is 22.3. The summed E-state index contributed by atoms with van der Waals surface area (Å²) in [4.78, 5) is 0. The normalized spacial score (nSPS) is 13.1. The molecule has 1 unspecified atom stereocenters. The summed E-state index contributed by atoms with van der Waals surface area (Å²) in [5.41, 5.74) is 0. The molecular weight excluding hydrogens is 384 g/mol. The van der Waals surface area contributed by atoms with E-state index in [4.69, 9.17) is 8.85 Å². The predicted octanol–water partition coefficient (Wildman–Crippen LogP) is 9.95. The molecule has 0 aromatic heterocycles. The fraction of sp³-hybridized carbons (Fsp3) is 1.00. The highest BCUT2D eigenvalue weighted by atomic mass is 28.4. The van der Waals surface area contributed by atoms with Crippen LogP contribution in [-0.2, 0) is 8.85 Å². The van der Waals surface area contributed by atoms with Crippen LogP contribution < -0.4 is 0 Å². The Morgan fingerprint density at radius 2 is 0.933 bits per heavy atom. The zero-order valence-corrected chi connectivity index (χ0v) is 22.7. The first-order valence-electron chi connectivity index (χ1n) is 14.0. The molecule has 0 aliphatic heterocycles. The summed E-state index contributed by atoms with van der Waals surface area (Å²) in [6.07, 6.45) is 25.1. The SMILES string of the molecule is CCCCCCCCCCCCCCCCO[Si](CC)(CC)OC(C)CCCCC. The predicted molar refractivity (Wildman–Crippen MR) is 138 cm³/mol. The molecule has 3 heteroatoms. The van der Waals surface area contributed by atoms with Crippen LogP contribution in [0.3, 0.4) is 0 Å². The molecule has 0 saturated carbocycles. The Morgan fingerprint density at radius 3 is 1.37 bits per heavy atom. The van der Waals surface area contributed by atoms with Crippen LogP contribution in [0.5, 0.6) is 0 Å². The van der Waals surface area contributed by atoms with Gasteiger partial charge in [0.25, 0.3) is 0 Å². The lowest BCUT2D eigenvalue weighted by atomic mass is 10.0. The molecule has 0 aromatic rings. The molecule has 182 valence electrons. The van der Waals surface area contributed by atoms with Crippen molar-refractivity contribution in [3.8, 4) is 0 Å². The van der Waals surface area contributed by atoms with Gasteiger partial charge in [-0.25, -0.2) is 0 Å². The Labute approximate surface area is 192 Å². The van der Waals surface area contributed by atoms with Crippen LogP contribution in [0.1, 0.15) is 150 Å². The average Bonchev–Trinajstić information content (AvgIpc) is 2.75. The molecule has 0 aliphatic rings. The van der Waals surface area contributed by atoms with E-state index in [2.05, 4.69) is 34.6 Å². The summed E-state index contributed by atoms with van der Waals surface area (Å²) in [6, 6.07) is 2.17. The molecule has 1 atom stereocenters. The Morgan fingerprint density at radius 1 is 0.533 bits per heavy atom. The molecule has 0 radical (unpaired) electrons. The van der Waals surface area contributed by atoms with Crippen molar-refractivity contribution in [2.24, 2.45) is 0 Å². The highest BCUT2D eigenvalue weighted by Crippen LogP contribution is 2.23. The van der Waals surface area contributed by atoms with Crippen molar-refractivity contribution in [2.45, 2.75) is 168 Å². The fourth-order valence-corrected chi connectivity index (χ4v) is 6.99.